The molecule has 0 saturated carbocycles. The van der Waals surface area contributed by atoms with Crippen LogP contribution >= 0.6 is 0 Å². The maximum Gasteiger partial charge on any atom is 0.0566 e. The Morgan fingerprint density at radius 2 is 2.05 bits per heavy atom. The highest BCUT2D eigenvalue weighted by Crippen LogP contribution is 2.23. The average Bonchev–Trinajstić information content (AvgIpc) is 2.78. The van der Waals surface area contributed by atoms with Crippen molar-refractivity contribution >= 4 is 16.6 Å². The summed E-state index contributed by atoms with van der Waals surface area (Å²) in [6, 6.07) is 10.5. The van der Waals surface area contributed by atoms with Crippen LogP contribution < -0.4 is 5.73 Å². The molecule has 1 aliphatic carbocycles. The molecule has 100 valence electrons. The van der Waals surface area contributed by atoms with E-state index in [-0.39, 0.29) is 0 Å². The van der Waals surface area contributed by atoms with Crippen LogP contribution in [0.15, 0.2) is 79.6 Å². The molecular formula is C18H18N2. The number of nitrogens with zero attached hydrogens (tertiary/aromatic N) is 1. The van der Waals surface area contributed by atoms with Gasteiger partial charge in [-0.1, -0.05) is 42.5 Å². The molecule has 1 aliphatic rings. The molecule has 1 unspecified atom stereocenters. The topological polar surface area (TPSA) is 30.9 Å². The van der Waals surface area contributed by atoms with Crippen molar-refractivity contribution in [3.63, 3.8) is 0 Å². The lowest BCUT2D eigenvalue weighted by molar-refractivity contribution is 0.668. The Hall–Kier alpha value is -2.32. The van der Waals surface area contributed by atoms with Gasteiger partial charge in [-0.15, -0.1) is 6.58 Å². The molecule has 0 bridgehead atoms. The normalized spacial score (nSPS) is 21.8. The van der Waals surface area contributed by atoms with Gasteiger partial charge in [-0.05, 0) is 36.1 Å². The molecule has 2 nitrogen and oxygen atoms in total. The number of fused-ring (bicyclic) bond motifs is 1. The Balaban J connectivity index is 2.02. The van der Waals surface area contributed by atoms with Gasteiger partial charge in [0.25, 0.3) is 0 Å². The minimum absolute atomic E-state index is 0.442. The summed E-state index contributed by atoms with van der Waals surface area (Å²) in [5.74, 6) is 0. The third-order valence-electron chi connectivity index (χ3n) is 3.61. The molecule has 0 aliphatic heterocycles. The quantitative estimate of drug-likeness (QED) is 0.836. The second-order valence-electron chi connectivity index (χ2n) is 5.13. The third-order valence-corrected chi connectivity index (χ3v) is 3.61. The molecule has 2 heteroatoms. The first-order valence-corrected chi connectivity index (χ1v) is 6.77. The number of hydrogen-bond donors (Lipinski definition) is 1. The maximum absolute atomic E-state index is 6.31. The zero-order valence-corrected chi connectivity index (χ0v) is 11.4. The monoisotopic (exact) mass is 262 g/mol. The van der Waals surface area contributed by atoms with E-state index >= 15 is 0 Å². The largest absolute Gasteiger partial charge is 0.318 e. The Bertz CT molecular complexity index is 731. The fourth-order valence-electron chi connectivity index (χ4n) is 2.53. The first-order valence-electron chi connectivity index (χ1n) is 6.77. The number of allylic oxidation sites excluding steroid dienone is 4. The van der Waals surface area contributed by atoms with Crippen LogP contribution in [-0.4, -0.2) is 10.1 Å². The van der Waals surface area contributed by atoms with Crippen molar-refractivity contribution in [3.8, 4) is 0 Å². The second kappa shape index (κ2) is 4.99. The summed E-state index contributed by atoms with van der Waals surface area (Å²) in [6.45, 7) is 3.77. The SMILES string of the molecule is C=CCC1(N)C=CC=C(n2ccc3ccccc32)C=C1. The minimum Gasteiger partial charge on any atom is -0.318 e. The number of para-hydroxylation sites is 1. The van der Waals surface area contributed by atoms with Crippen molar-refractivity contribution in [1.29, 1.82) is 0 Å². The summed E-state index contributed by atoms with van der Waals surface area (Å²) >= 11 is 0. The van der Waals surface area contributed by atoms with Crippen molar-refractivity contribution in [1.82, 2.24) is 4.57 Å². The molecule has 0 radical (unpaired) electrons. The Labute approximate surface area is 119 Å². The lowest BCUT2D eigenvalue weighted by Gasteiger charge is -2.18. The molecule has 20 heavy (non-hydrogen) atoms. The molecule has 1 heterocycles. The zero-order chi connectivity index (χ0) is 14.0. The van der Waals surface area contributed by atoms with Gasteiger partial charge in [-0.2, -0.15) is 0 Å². The van der Waals surface area contributed by atoms with Gasteiger partial charge in [0.15, 0.2) is 0 Å². The number of benzene rings is 1. The smallest absolute Gasteiger partial charge is 0.0566 e. The van der Waals surface area contributed by atoms with Gasteiger partial charge >= 0.3 is 0 Å². The van der Waals surface area contributed by atoms with Crippen LogP contribution in [0.2, 0.25) is 0 Å². The molecule has 2 aromatic rings. The lowest BCUT2D eigenvalue weighted by Crippen LogP contribution is -2.34. The molecule has 0 amide bonds. The van der Waals surface area contributed by atoms with E-state index < -0.39 is 5.54 Å². The van der Waals surface area contributed by atoms with Gasteiger partial charge in [-0.3, -0.25) is 0 Å². The Morgan fingerprint density at radius 1 is 1.20 bits per heavy atom. The predicted molar refractivity (Wildman–Crippen MR) is 86.2 cm³/mol. The van der Waals surface area contributed by atoms with Gasteiger partial charge in [0.2, 0.25) is 0 Å². The zero-order valence-electron chi connectivity index (χ0n) is 11.4. The molecule has 0 fully saturated rings. The van der Waals surface area contributed by atoms with E-state index in [2.05, 4.69) is 59.8 Å². The molecule has 3 rings (SSSR count). The van der Waals surface area contributed by atoms with Crippen LogP contribution in [0, 0.1) is 0 Å². The van der Waals surface area contributed by atoms with Crippen LogP contribution in [0.25, 0.3) is 16.6 Å². The van der Waals surface area contributed by atoms with Crippen LogP contribution in [-0.2, 0) is 0 Å². The maximum atomic E-state index is 6.31. The molecule has 2 N–H and O–H groups in total. The van der Waals surface area contributed by atoms with Gasteiger partial charge < -0.3 is 10.3 Å². The van der Waals surface area contributed by atoms with E-state index in [1.807, 2.05) is 24.3 Å². The number of nitrogens with two attached hydrogens (primary N) is 1. The molecule has 1 aromatic heterocycles. The number of rotatable bonds is 3. The Morgan fingerprint density at radius 3 is 2.90 bits per heavy atom. The van der Waals surface area contributed by atoms with Gasteiger partial charge in [0, 0.05) is 11.9 Å². The highest BCUT2D eigenvalue weighted by atomic mass is 15.0. The summed E-state index contributed by atoms with van der Waals surface area (Å²) < 4.78 is 2.18. The van der Waals surface area contributed by atoms with Gasteiger partial charge in [0.1, 0.15) is 0 Å². The van der Waals surface area contributed by atoms with Crippen LogP contribution in [0.1, 0.15) is 6.42 Å². The van der Waals surface area contributed by atoms with E-state index in [9.17, 15) is 0 Å². The van der Waals surface area contributed by atoms with Crippen molar-refractivity contribution in [2.24, 2.45) is 5.73 Å². The molecule has 1 aromatic carbocycles. The van der Waals surface area contributed by atoms with E-state index in [1.54, 1.807) is 0 Å². The molecule has 0 saturated heterocycles. The highest BCUT2D eigenvalue weighted by Gasteiger charge is 2.17. The van der Waals surface area contributed by atoms with Crippen molar-refractivity contribution in [3.05, 3.63) is 79.6 Å². The van der Waals surface area contributed by atoms with Crippen LogP contribution in [0.5, 0.6) is 0 Å². The molecular weight excluding hydrogens is 244 g/mol. The van der Waals surface area contributed by atoms with Gasteiger partial charge in [-0.25, -0.2) is 0 Å². The van der Waals surface area contributed by atoms with Crippen LogP contribution in [0.4, 0.5) is 0 Å². The second-order valence-corrected chi connectivity index (χ2v) is 5.13. The summed E-state index contributed by atoms with van der Waals surface area (Å²) in [5, 5.41) is 1.24. The predicted octanol–water partition coefficient (Wildman–Crippen LogP) is 3.88. The summed E-state index contributed by atoms with van der Waals surface area (Å²) in [4.78, 5) is 0. The highest BCUT2D eigenvalue weighted by molar-refractivity contribution is 5.85. The fraction of sp³-hybridized carbons (Fsp3) is 0.111. The Kier molecular flexibility index (Phi) is 3.17. The number of aromatic nitrogens is 1. The fourth-order valence-corrected chi connectivity index (χ4v) is 2.53. The van der Waals surface area contributed by atoms with Crippen LogP contribution in [0.3, 0.4) is 0 Å². The van der Waals surface area contributed by atoms with Crippen molar-refractivity contribution < 1.29 is 0 Å². The summed E-state index contributed by atoms with van der Waals surface area (Å²) in [5.41, 5.74) is 8.18. The van der Waals surface area contributed by atoms with Crippen molar-refractivity contribution in [2.45, 2.75) is 12.0 Å². The lowest BCUT2D eigenvalue weighted by atomic mass is 9.96. The standard InChI is InChI=1S/C18H18N2/c1-2-11-18(19)12-5-7-16(9-13-18)20-14-10-15-6-3-4-8-17(15)20/h2-10,12-14H,1,11,19H2. The van der Waals surface area contributed by atoms with E-state index in [1.165, 1.54) is 10.9 Å². The number of hydrogen-bond acceptors (Lipinski definition) is 1. The summed E-state index contributed by atoms with van der Waals surface area (Å²) in [6.07, 6.45) is 14.9. The average molecular weight is 262 g/mol. The van der Waals surface area contributed by atoms with E-state index in [0.29, 0.717) is 0 Å². The third kappa shape index (κ3) is 2.26. The van der Waals surface area contributed by atoms with E-state index in [0.717, 1.165) is 12.1 Å². The molecule has 1 atom stereocenters. The first-order chi connectivity index (χ1) is 9.72. The minimum atomic E-state index is -0.442. The summed E-state index contributed by atoms with van der Waals surface area (Å²) in [7, 11) is 0. The van der Waals surface area contributed by atoms with E-state index in [4.69, 9.17) is 5.73 Å². The van der Waals surface area contributed by atoms with Crippen molar-refractivity contribution in [2.75, 3.05) is 0 Å². The molecule has 0 spiro atoms. The van der Waals surface area contributed by atoms with Gasteiger partial charge in [0.05, 0.1) is 11.1 Å². The first kappa shape index (κ1) is 12.7.